The van der Waals surface area contributed by atoms with Gasteiger partial charge in [-0.05, 0) is 55.3 Å². The lowest BCUT2D eigenvalue weighted by atomic mass is 10.1. The lowest BCUT2D eigenvalue weighted by Crippen LogP contribution is -2.15. The van der Waals surface area contributed by atoms with Crippen LogP contribution in [0.15, 0.2) is 77.7 Å². The van der Waals surface area contributed by atoms with Gasteiger partial charge in [0.15, 0.2) is 0 Å². The second kappa shape index (κ2) is 10.3. The van der Waals surface area contributed by atoms with Crippen molar-refractivity contribution in [2.45, 2.75) is 24.7 Å². The molecule has 0 saturated carbocycles. The number of aryl methyl sites for hydroxylation is 1. The Balaban J connectivity index is 1.66. The summed E-state index contributed by atoms with van der Waals surface area (Å²) in [6.45, 7) is 2.46. The molecule has 0 aromatic heterocycles. The molecule has 0 aliphatic rings. The van der Waals surface area contributed by atoms with E-state index >= 15 is 0 Å². The lowest BCUT2D eigenvalue weighted by molar-refractivity contribution is -0.116. The topological polar surface area (TPSA) is 84.5 Å². The first-order valence-electron chi connectivity index (χ1n) is 9.77. The fourth-order valence-corrected chi connectivity index (χ4v) is 4.33. The number of para-hydroxylation sites is 2. The van der Waals surface area contributed by atoms with Crippen molar-refractivity contribution in [3.05, 3.63) is 83.4 Å². The minimum Gasteiger partial charge on any atom is -0.494 e. The highest BCUT2D eigenvalue weighted by Gasteiger charge is 2.16. The zero-order valence-electron chi connectivity index (χ0n) is 17.0. The first-order valence-corrected chi connectivity index (χ1v) is 11.6. The highest BCUT2D eigenvalue weighted by Crippen LogP contribution is 2.25. The van der Waals surface area contributed by atoms with Crippen molar-refractivity contribution >= 4 is 38.9 Å². The molecule has 0 fully saturated rings. The molecule has 0 heterocycles. The van der Waals surface area contributed by atoms with Crippen molar-refractivity contribution in [3.8, 4) is 5.75 Å². The standard InChI is InChI=1S/C23H23ClN2O4S/c1-2-30-22-13-6-3-8-17(22)14-15-23(27)25-18-9-7-10-19(16-18)31(28,29)26-21-12-5-4-11-20(21)24/h3-13,16,26H,2,14-15H2,1H3,(H,25,27). The highest BCUT2D eigenvalue weighted by atomic mass is 35.5. The third-order valence-corrected chi connectivity index (χ3v) is 6.13. The van der Waals surface area contributed by atoms with Gasteiger partial charge in [0.1, 0.15) is 5.75 Å². The van der Waals surface area contributed by atoms with Gasteiger partial charge in [0.25, 0.3) is 10.0 Å². The minimum atomic E-state index is -3.86. The lowest BCUT2D eigenvalue weighted by Gasteiger charge is -2.12. The molecule has 0 radical (unpaired) electrons. The predicted octanol–water partition coefficient (Wildman–Crippen LogP) is 5.11. The van der Waals surface area contributed by atoms with Crippen molar-refractivity contribution in [3.63, 3.8) is 0 Å². The van der Waals surface area contributed by atoms with Gasteiger partial charge in [-0.2, -0.15) is 0 Å². The van der Waals surface area contributed by atoms with Crippen molar-refractivity contribution < 1.29 is 17.9 Å². The summed E-state index contributed by atoms with van der Waals surface area (Å²) in [7, 11) is -3.86. The normalized spacial score (nSPS) is 11.0. The number of hydrogen-bond donors (Lipinski definition) is 2. The summed E-state index contributed by atoms with van der Waals surface area (Å²) in [5.41, 5.74) is 1.62. The summed E-state index contributed by atoms with van der Waals surface area (Å²) in [6, 6.07) is 20.2. The Kier molecular flexibility index (Phi) is 7.55. The fraction of sp³-hybridized carbons (Fsp3) is 0.174. The van der Waals surface area contributed by atoms with Crippen LogP contribution in [-0.4, -0.2) is 20.9 Å². The number of carbonyl (C=O) groups is 1. The summed E-state index contributed by atoms with van der Waals surface area (Å²) in [6.07, 6.45) is 0.743. The van der Waals surface area contributed by atoms with E-state index < -0.39 is 10.0 Å². The maximum absolute atomic E-state index is 12.7. The molecule has 2 N–H and O–H groups in total. The van der Waals surface area contributed by atoms with Crippen molar-refractivity contribution in [2.75, 3.05) is 16.6 Å². The van der Waals surface area contributed by atoms with E-state index in [2.05, 4.69) is 10.0 Å². The second-order valence-electron chi connectivity index (χ2n) is 6.70. The van der Waals surface area contributed by atoms with Gasteiger partial charge >= 0.3 is 0 Å². The van der Waals surface area contributed by atoms with Gasteiger partial charge in [-0.25, -0.2) is 8.42 Å². The molecule has 0 spiro atoms. The van der Waals surface area contributed by atoms with E-state index in [9.17, 15) is 13.2 Å². The third-order valence-electron chi connectivity index (χ3n) is 4.44. The van der Waals surface area contributed by atoms with Crippen LogP contribution in [0.2, 0.25) is 5.02 Å². The summed E-state index contributed by atoms with van der Waals surface area (Å²) in [5, 5.41) is 3.05. The number of hydrogen-bond acceptors (Lipinski definition) is 4. The van der Waals surface area contributed by atoms with Gasteiger partial charge in [0, 0.05) is 12.1 Å². The zero-order valence-corrected chi connectivity index (χ0v) is 18.5. The molecule has 6 nitrogen and oxygen atoms in total. The minimum absolute atomic E-state index is 0.0203. The van der Waals surface area contributed by atoms with Gasteiger partial charge < -0.3 is 10.1 Å². The number of sulfonamides is 1. The van der Waals surface area contributed by atoms with Gasteiger partial charge in [-0.3, -0.25) is 9.52 Å². The second-order valence-corrected chi connectivity index (χ2v) is 8.79. The number of nitrogens with one attached hydrogen (secondary N) is 2. The maximum Gasteiger partial charge on any atom is 0.262 e. The van der Waals surface area contributed by atoms with Crippen LogP contribution in [0.5, 0.6) is 5.75 Å². The number of benzene rings is 3. The quantitative estimate of drug-likeness (QED) is 0.466. The van der Waals surface area contributed by atoms with Crippen LogP contribution in [0.3, 0.4) is 0 Å². The molecule has 8 heteroatoms. The number of amides is 1. The number of ether oxygens (including phenoxy) is 1. The number of halogens is 1. The molecule has 162 valence electrons. The fourth-order valence-electron chi connectivity index (χ4n) is 2.97. The van der Waals surface area contributed by atoms with E-state index in [0.717, 1.165) is 11.3 Å². The molecule has 0 atom stereocenters. The summed E-state index contributed by atoms with van der Waals surface area (Å²) < 4.78 is 33.5. The van der Waals surface area contributed by atoms with E-state index in [4.69, 9.17) is 16.3 Å². The third kappa shape index (κ3) is 6.23. The number of carbonyl (C=O) groups excluding carboxylic acids is 1. The molecule has 3 aromatic rings. The molecule has 3 rings (SSSR count). The molecular formula is C23H23ClN2O4S. The number of rotatable bonds is 9. The molecule has 0 unspecified atom stereocenters. The smallest absolute Gasteiger partial charge is 0.262 e. The van der Waals surface area contributed by atoms with Crippen LogP contribution in [0.4, 0.5) is 11.4 Å². The molecule has 31 heavy (non-hydrogen) atoms. The van der Waals surface area contributed by atoms with Crippen molar-refractivity contribution in [1.29, 1.82) is 0 Å². The molecule has 0 aliphatic carbocycles. The number of anilines is 2. The summed E-state index contributed by atoms with van der Waals surface area (Å²) in [5.74, 6) is 0.538. The molecule has 0 bridgehead atoms. The van der Waals surface area contributed by atoms with E-state index in [1.807, 2.05) is 31.2 Å². The first-order chi connectivity index (χ1) is 14.9. The van der Waals surface area contributed by atoms with Gasteiger partial charge in [-0.15, -0.1) is 0 Å². The Morgan fingerprint density at radius 1 is 1.00 bits per heavy atom. The van der Waals surface area contributed by atoms with Crippen LogP contribution in [0.25, 0.3) is 0 Å². The van der Waals surface area contributed by atoms with Crippen LogP contribution in [0, 0.1) is 0 Å². The zero-order chi connectivity index (χ0) is 22.3. The Labute approximate surface area is 187 Å². The molecule has 0 saturated heterocycles. The summed E-state index contributed by atoms with van der Waals surface area (Å²) in [4.78, 5) is 12.4. The molecule has 3 aromatic carbocycles. The summed E-state index contributed by atoms with van der Waals surface area (Å²) >= 11 is 6.04. The SMILES string of the molecule is CCOc1ccccc1CCC(=O)Nc1cccc(S(=O)(=O)Nc2ccccc2Cl)c1. The maximum atomic E-state index is 12.7. The Morgan fingerprint density at radius 2 is 1.74 bits per heavy atom. The Hall–Kier alpha value is -3.03. The van der Waals surface area contributed by atoms with Crippen LogP contribution < -0.4 is 14.8 Å². The van der Waals surface area contributed by atoms with Gasteiger partial charge in [0.05, 0.1) is 22.2 Å². The Morgan fingerprint density at radius 3 is 2.52 bits per heavy atom. The monoisotopic (exact) mass is 458 g/mol. The largest absolute Gasteiger partial charge is 0.494 e. The van der Waals surface area contributed by atoms with E-state index in [-0.39, 0.29) is 22.9 Å². The van der Waals surface area contributed by atoms with Crippen LogP contribution in [-0.2, 0) is 21.2 Å². The van der Waals surface area contributed by atoms with Gasteiger partial charge in [0.2, 0.25) is 5.91 Å². The predicted molar refractivity (Wildman–Crippen MR) is 123 cm³/mol. The molecule has 1 amide bonds. The van der Waals surface area contributed by atoms with E-state index in [1.165, 1.54) is 12.1 Å². The van der Waals surface area contributed by atoms with Crippen LogP contribution >= 0.6 is 11.6 Å². The van der Waals surface area contributed by atoms with Crippen LogP contribution in [0.1, 0.15) is 18.9 Å². The average Bonchev–Trinajstić information content (AvgIpc) is 2.75. The van der Waals surface area contributed by atoms with Gasteiger partial charge in [-0.1, -0.05) is 48.0 Å². The molecular weight excluding hydrogens is 436 g/mol. The van der Waals surface area contributed by atoms with E-state index in [0.29, 0.717) is 23.7 Å². The Bertz CT molecular complexity index is 1170. The average molecular weight is 459 g/mol. The van der Waals surface area contributed by atoms with Crippen molar-refractivity contribution in [2.24, 2.45) is 0 Å². The molecule has 0 aliphatic heterocycles. The van der Waals surface area contributed by atoms with Crippen molar-refractivity contribution in [1.82, 2.24) is 0 Å². The van der Waals surface area contributed by atoms with E-state index in [1.54, 1.807) is 36.4 Å². The highest BCUT2D eigenvalue weighted by molar-refractivity contribution is 7.92. The first kappa shape index (κ1) is 22.7.